The highest BCUT2D eigenvalue weighted by Gasteiger charge is 2.35. The number of nitrogens with two attached hydrogens (primary N) is 1. The van der Waals surface area contributed by atoms with Crippen LogP contribution in [-0.2, 0) is 10.0 Å². The molecule has 1 aliphatic carbocycles. The molecule has 0 aromatic heterocycles. The lowest BCUT2D eigenvalue weighted by atomic mass is 9.93. The lowest BCUT2D eigenvalue weighted by molar-refractivity contribution is 0.222. The van der Waals surface area contributed by atoms with Crippen LogP contribution in [0.5, 0.6) is 0 Å². The fourth-order valence-electron chi connectivity index (χ4n) is 2.08. The van der Waals surface area contributed by atoms with E-state index in [-0.39, 0.29) is 24.0 Å². The van der Waals surface area contributed by atoms with Crippen LogP contribution >= 0.6 is 0 Å². The van der Waals surface area contributed by atoms with Crippen molar-refractivity contribution in [2.45, 2.75) is 30.2 Å². The number of nitrogens with zero attached hydrogens (tertiary/aromatic N) is 1. The lowest BCUT2D eigenvalue weighted by Crippen LogP contribution is -2.46. The van der Waals surface area contributed by atoms with Gasteiger partial charge in [0, 0.05) is 19.1 Å². The second-order valence-corrected chi connectivity index (χ2v) is 6.28. The molecule has 1 aromatic carbocycles. The van der Waals surface area contributed by atoms with Crippen LogP contribution in [0.4, 0.5) is 4.39 Å². The predicted octanol–water partition coefficient (Wildman–Crippen LogP) is 1.33. The van der Waals surface area contributed by atoms with Gasteiger partial charge in [-0.1, -0.05) is 18.6 Å². The average molecular weight is 272 g/mol. The maximum atomic E-state index is 13.6. The molecule has 0 aliphatic heterocycles. The van der Waals surface area contributed by atoms with Crippen LogP contribution in [0.25, 0.3) is 0 Å². The molecular weight excluding hydrogens is 255 g/mol. The topological polar surface area (TPSA) is 63.4 Å². The first-order chi connectivity index (χ1) is 8.57. The van der Waals surface area contributed by atoms with Gasteiger partial charge in [-0.05, 0) is 25.0 Å². The summed E-state index contributed by atoms with van der Waals surface area (Å²) in [6.45, 7) is 0.478. The average Bonchev–Trinajstić information content (AvgIpc) is 2.26. The highest BCUT2D eigenvalue weighted by Crippen LogP contribution is 2.30. The van der Waals surface area contributed by atoms with Crippen LogP contribution in [0.15, 0.2) is 29.2 Å². The van der Waals surface area contributed by atoms with E-state index in [4.69, 9.17) is 5.73 Å². The molecule has 0 unspecified atom stereocenters. The second-order valence-electron chi connectivity index (χ2n) is 4.42. The molecule has 1 fully saturated rings. The van der Waals surface area contributed by atoms with Crippen molar-refractivity contribution >= 4 is 10.0 Å². The maximum Gasteiger partial charge on any atom is 0.246 e. The first-order valence-electron chi connectivity index (χ1n) is 6.04. The zero-order valence-electron chi connectivity index (χ0n) is 10.0. The zero-order valence-corrected chi connectivity index (χ0v) is 10.9. The smallest absolute Gasteiger partial charge is 0.246 e. The Morgan fingerprint density at radius 2 is 2.00 bits per heavy atom. The Morgan fingerprint density at radius 3 is 2.50 bits per heavy atom. The molecule has 0 bridgehead atoms. The maximum absolute atomic E-state index is 13.6. The largest absolute Gasteiger partial charge is 0.329 e. The van der Waals surface area contributed by atoms with Crippen molar-refractivity contribution in [3.05, 3.63) is 30.1 Å². The summed E-state index contributed by atoms with van der Waals surface area (Å²) >= 11 is 0. The fourth-order valence-corrected chi connectivity index (χ4v) is 3.85. The summed E-state index contributed by atoms with van der Waals surface area (Å²) in [6.07, 6.45) is 2.67. The summed E-state index contributed by atoms with van der Waals surface area (Å²) in [6, 6.07) is 5.43. The van der Waals surface area contributed by atoms with Crippen LogP contribution in [0.2, 0.25) is 0 Å². The van der Waals surface area contributed by atoms with E-state index < -0.39 is 15.8 Å². The molecule has 0 saturated heterocycles. The van der Waals surface area contributed by atoms with Crippen LogP contribution < -0.4 is 5.73 Å². The summed E-state index contributed by atoms with van der Waals surface area (Å²) in [5, 5.41) is 0. The van der Waals surface area contributed by atoms with E-state index in [0.29, 0.717) is 0 Å². The van der Waals surface area contributed by atoms with Crippen molar-refractivity contribution < 1.29 is 12.8 Å². The Bertz CT molecular complexity index is 515. The third-order valence-electron chi connectivity index (χ3n) is 3.25. The van der Waals surface area contributed by atoms with Gasteiger partial charge < -0.3 is 5.73 Å². The number of rotatable bonds is 5. The molecule has 1 saturated carbocycles. The quantitative estimate of drug-likeness (QED) is 0.879. The van der Waals surface area contributed by atoms with E-state index in [0.717, 1.165) is 25.3 Å². The van der Waals surface area contributed by atoms with Gasteiger partial charge in [-0.25, -0.2) is 12.8 Å². The SMILES string of the molecule is NCCN(C1CCC1)S(=O)(=O)c1ccccc1F. The number of hydrogen-bond acceptors (Lipinski definition) is 3. The van der Waals surface area contributed by atoms with Crippen LogP contribution in [-0.4, -0.2) is 31.9 Å². The Morgan fingerprint density at radius 1 is 1.33 bits per heavy atom. The molecular formula is C12H17FN2O2S. The minimum Gasteiger partial charge on any atom is -0.329 e. The Kier molecular flexibility index (Phi) is 3.99. The van der Waals surface area contributed by atoms with E-state index >= 15 is 0 Å². The zero-order chi connectivity index (χ0) is 13.2. The van der Waals surface area contributed by atoms with Crippen molar-refractivity contribution in [2.75, 3.05) is 13.1 Å². The Hall–Kier alpha value is -0.980. The second kappa shape index (κ2) is 5.34. The number of sulfonamides is 1. The first-order valence-corrected chi connectivity index (χ1v) is 7.48. The van der Waals surface area contributed by atoms with Crippen molar-refractivity contribution in [2.24, 2.45) is 5.73 Å². The molecule has 0 spiro atoms. The summed E-state index contributed by atoms with van der Waals surface area (Å²) in [5.41, 5.74) is 5.46. The molecule has 2 N–H and O–H groups in total. The third-order valence-corrected chi connectivity index (χ3v) is 5.24. The van der Waals surface area contributed by atoms with E-state index in [9.17, 15) is 12.8 Å². The summed E-state index contributed by atoms with van der Waals surface area (Å²) in [7, 11) is -3.78. The Balaban J connectivity index is 2.36. The highest BCUT2D eigenvalue weighted by molar-refractivity contribution is 7.89. The third kappa shape index (κ3) is 2.41. The van der Waals surface area contributed by atoms with Crippen LogP contribution in [0.1, 0.15) is 19.3 Å². The molecule has 100 valence electrons. The normalized spacial score (nSPS) is 16.8. The minimum absolute atomic E-state index is 0.0295. The van der Waals surface area contributed by atoms with Gasteiger partial charge in [-0.2, -0.15) is 4.31 Å². The van der Waals surface area contributed by atoms with Gasteiger partial charge in [-0.15, -0.1) is 0 Å². The van der Waals surface area contributed by atoms with Gasteiger partial charge in [0.15, 0.2) is 0 Å². The summed E-state index contributed by atoms with van der Waals surface area (Å²) < 4.78 is 39.8. The van der Waals surface area contributed by atoms with Gasteiger partial charge in [0.05, 0.1) is 0 Å². The van der Waals surface area contributed by atoms with Crippen molar-refractivity contribution in [1.82, 2.24) is 4.31 Å². The molecule has 4 nitrogen and oxygen atoms in total. The van der Waals surface area contributed by atoms with Gasteiger partial charge in [-0.3, -0.25) is 0 Å². The molecule has 0 amide bonds. The standard InChI is InChI=1S/C12H17FN2O2S/c13-11-6-1-2-7-12(11)18(16,17)15(9-8-14)10-4-3-5-10/h1-2,6-7,10H,3-5,8-9,14H2. The van der Waals surface area contributed by atoms with Gasteiger partial charge in [0.2, 0.25) is 10.0 Å². The number of hydrogen-bond donors (Lipinski definition) is 1. The Labute approximate surface area is 107 Å². The number of benzene rings is 1. The molecule has 1 aliphatic rings. The van der Waals surface area contributed by atoms with Crippen LogP contribution in [0.3, 0.4) is 0 Å². The summed E-state index contributed by atoms with van der Waals surface area (Å²) in [5.74, 6) is -0.709. The molecule has 18 heavy (non-hydrogen) atoms. The summed E-state index contributed by atoms with van der Waals surface area (Å²) in [4.78, 5) is -0.259. The number of halogens is 1. The van der Waals surface area contributed by atoms with Crippen molar-refractivity contribution in [3.63, 3.8) is 0 Å². The van der Waals surface area contributed by atoms with E-state index in [1.165, 1.54) is 22.5 Å². The van der Waals surface area contributed by atoms with Crippen molar-refractivity contribution in [1.29, 1.82) is 0 Å². The monoisotopic (exact) mass is 272 g/mol. The van der Waals surface area contributed by atoms with Gasteiger partial charge in [0.1, 0.15) is 10.7 Å². The first kappa shape index (κ1) is 13.5. The molecule has 2 rings (SSSR count). The molecule has 0 heterocycles. The molecule has 6 heteroatoms. The highest BCUT2D eigenvalue weighted by atomic mass is 32.2. The van der Waals surface area contributed by atoms with Crippen molar-refractivity contribution in [3.8, 4) is 0 Å². The van der Waals surface area contributed by atoms with Crippen LogP contribution in [0, 0.1) is 5.82 Å². The van der Waals surface area contributed by atoms with Gasteiger partial charge in [0.25, 0.3) is 0 Å². The molecule has 1 aromatic rings. The lowest BCUT2D eigenvalue weighted by Gasteiger charge is -2.36. The fraction of sp³-hybridized carbons (Fsp3) is 0.500. The predicted molar refractivity (Wildman–Crippen MR) is 67.0 cm³/mol. The molecule has 0 radical (unpaired) electrons. The van der Waals surface area contributed by atoms with Gasteiger partial charge >= 0.3 is 0 Å². The minimum atomic E-state index is -3.78. The van der Waals surface area contributed by atoms with E-state index in [1.54, 1.807) is 0 Å². The van der Waals surface area contributed by atoms with E-state index in [2.05, 4.69) is 0 Å². The van der Waals surface area contributed by atoms with E-state index in [1.807, 2.05) is 0 Å². The molecule has 0 atom stereocenters.